The van der Waals surface area contributed by atoms with E-state index < -0.39 is 0 Å². The van der Waals surface area contributed by atoms with Crippen molar-refractivity contribution in [1.82, 2.24) is 0 Å². The first kappa shape index (κ1) is 8.08. The second kappa shape index (κ2) is 3.39. The molecule has 1 fully saturated rings. The van der Waals surface area contributed by atoms with Crippen LogP contribution in [0.25, 0.3) is 0 Å². The van der Waals surface area contributed by atoms with Gasteiger partial charge in [0.1, 0.15) is 0 Å². The van der Waals surface area contributed by atoms with Crippen LogP contribution >= 0.6 is 11.8 Å². The molecule has 10 heavy (non-hydrogen) atoms. The molecule has 2 atom stereocenters. The van der Waals surface area contributed by atoms with Crippen LogP contribution in [-0.2, 0) is 4.79 Å². The maximum absolute atomic E-state index is 10.6. The summed E-state index contributed by atoms with van der Waals surface area (Å²) in [5, 5.41) is 9.56. The predicted molar refractivity (Wildman–Crippen MR) is 41.9 cm³/mol. The average molecular weight is 160 g/mol. The number of aliphatic hydroxyl groups excluding tert-OH is 1. The zero-order valence-electron chi connectivity index (χ0n) is 6.04. The lowest BCUT2D eigenvalue weighted by atomic mass is 10.3. The van der Waals surface area contributed by atoms with Crippen LogP contribution in [0.1, 0.15) is 26.2 Å². The van der Waals surface area contributed by atoms with Crippen molar-refractivity contribution in [3.63, 3.8) is 0 Å². The third kappa shape index (κ3) is 1.99. The molecular formula is C7H12O2S. The van der Waals surface area contributed by atoms with Crippen molar-refractivity contribution in [3.8, 4) is 0 Å². The molecule has 0 aliphatic heterocycles. The quantitative estimate of drug-likeness (QED) is 0.626. The molecular weight excluding hydrogens is 148 g/mol. The van der Waals surface area contributed by atoms with Gasteiger partial charge < -0.3 is 5.11 Å². The molecule has 0 heterocycles. The standard InChI is InChI=1S/C7H12O2S/c1-5(8)10-7-4-2-3-6(7)9/h6-7,9H,2-4H2,1H3/t6-,7-/m0/s1. The summed E-state index contributed by atoms with van der Waals surface area (Å²) in [7, 11) is 0. The Bertz CT molecular complexity index is 136. The van der Waals surface area contributed by atoms with E-state index in [4.69, 9.17) is 0 Å². The first-order valence-corrected chi connectivity index (χ1v) is 4.43. The van der Waals surface area contributed by atoms with E-state index >= 15 is 0 Å². The fourth-order valence-corrected chi connectivity index (χ4v) is 2.26. The molecule has 1 aliphatic rings. The van der Waals surface area contributed by atoms with Crippen molar-refractivity contribution in [2.24, 2.45) is 0 Å². The normalized spacial score (nSPS) is 32.6. The molecule has 1 N–H and O–H groups in total. The van der Waals surface area contributed by atoms with Crippen LogP contribution in [0.4, 0.5) is 0 Å². The molecule has 0 aromatic carbocycles. The van der Waals surface area contributed by atoms with Gasteiger partial charge in [-0.2, -0.15) is 0 Å². The lowest BCUT2D eigenvalue weighted by molar-refractivity contribution is -0.109. The fraction of sp³-hybridized carbons (Fsp3) is 0.857. The van der Waals surface area contributed by atoms with Crippen molar-refractivity contribution in [2.75, 3.05) is 0 Å². The number of thioether (sulfide) groups is 1. The summed E-state index contributed by atoms with van der Waals surface area (Å²) in [6.07, 6.45) is 2.68. The second-order valence-corrected chi connectivity index (χ2v) is 4.06. The third-order valence-electron chi connectivity index (χ3n) is 1.74. The second-order valence-electron chi connectivity index (χ2n) is 2.65. The van der Waals surface area contributed by atoms with Crippen LogP contribution in [-0.4, -0.2) is 21.6 Å². The summed E-state index contributed by atoms with van der Waals surface area (Å²) in [6, 6.07) is 0. The van der Waals surface area contributed by atoms with Crippen LogP contribution in [0.15, 0.2) is 0 Å². The summed E-state index contributed by atoms with van der Waals surface area (Å²) in [6.45, 7) is 1.55. The van der Waals surface area contributed by atoms with Gasteiger partial charge in [-0.05, 0) is 19.3 Å². The average Bonchev–Trinajstić information content (AvgIpc) is 2.15. The SMILES string of the molecule is CC(=O)S[C@H]1CCC[C@@H]1O. The maximum Gasteiger partial charge on any atom is 0.186 e. The van der Waals surface area contributed by atoms with Crippen molar-refractivity contribution in [3.05, 3.63) is 0 Å². The number of hydrogen-bond acceptors (Lipinski definition) is 3. The zero-order chi connectivity index (χ0) is 7.56. The summed E-state index contributed by atoms with van der Waals surface area (Å²) in [5.74, 6) is 0. The van der Waals surface area contributed by atoms with E-state index in [1.807, 2.05) is 0 Å². The number of aliphatic hydroxyl groups is 1. The van der Waals surface area contributed by atoms with Crippen molar-refractivity contribution in [2.45, 2.75) is 37.5 Å². The van der Waals surface area contributed by atoms with Crippen LogP contribution in [0.3, 0.4) is 0 Å². The Morgan fingerprint density at radius 1 is 1.60 bits per heavy atom. The minimum Gasteiger partial charge on any atom is -0.392 e. The molecule has 0 amide bonds. The molecule has 1 saturated carbocycles. The van der Waals surface area contributed by atoms with Gasteiger partial charge in [0.25, 0.3) is 0 Å². The summed E-state index contributed by atoms with van der Waals surface area (Å²) >= 11 is 1.28. The Morgan fingerprint density at radius 3 is 2.70 bits per heavy atom. The summed E-state index contributed by atoms with van der Waals surface area (Å²) in [4.78, 5) is 10.6. The van der Waals surface area contributed by atoms with Gasteiger partial charge in [0.2, 0.25) is 0 Å². The van der Waals surface area contributed by atoms with Gasteiger partial charge in [-0.15, -0.1) is 0 Å². The van der Waals surface area contributed by atoms with E-state index in [1.165, 1.54) is 11.8 Å². The molecule has 0 saturated heterocycles. The van der Waals surface area contributed by atoms with E-state index in [0.717, 1.165) is 19.3 Å². The lowest BCUT2D eigenvalue weighted by Gasteiger charge is -2.10. The van der Waals surface area contributed by atoms with Gasteiger partial charge in [0, 0.05) is 12.2 Å². The topological polar surface area (TPSA) is 37.3 Å². The Balaban J connectivity index is 2.33. The Hall–Kier alpha value is -0.0200. The zero-order valence-corrected chi connectivity index (χ0v) is 6.86. The Kier molecular flexibility index (Phi) is 2.74. The van der Waals surface area contributed by atoms with E-state index in [-0.39, 0.29) is 16.5 Å². The highest BCUT2D eigenvalue weighted by atomic mass is 32.2. The van der Waals surface area contributed by atoms with Gasteiger partial charge in [-0.3, -0.25) is 4.79 Å². The number of carbonyl (C=O) groups excluding carboxylic acids is 1. The Labute approximate surface area is 65.0 Å². The molecule has 0 spiro atoms. The smallest absolute Gasteiger partial charge is 0.186 e. The van der Waals surface area contributed by atoms with Crippen molar-refractivity contribution < 1.29 is 9.90 Å². The van der Waals surface area contributed by atoms with E-state index in [1.54, 1.807) is 6.92 Å². The first-order chi connectivity index (χ1) is 4.70. The third-order valence-corrected chi connectivity index (χ3v) is 2.92. The minimum atomic E-state index is -0.242. The Morgan fingerprint density at radius 2 is 2.30 bits per heavy atom. The lowest BCUT2D eigenvalue weighted by Crippen LogP contribution is -2.16. The van der Waals surface area contributed by atoms with Crippen molar-refractivity contribution in [1.29, 1.82) is 0 Å². The van der Waals surface area contributed by atoms with Gasteiger partial charge in [-0.1, -0.05) is 11.8 Å². The molecule has 0 radical (unpaired) electrons. The molecule has 0 unspecified atom stereocenters. The van der Waals surface area contributed by atoms with Crippen LogP contribution in [0.5, 0.6) is 0 Å². The van der Waals surface area contributed by atoms with Gasteiger partial charge in [-0.25, -0.2) is 0 Å². The monoisotopic (exact) mass is 160 g/mol. The van der Waals surface area contributed by atoms with Gasteiger partial charge >= 0.3 is 0 Å². The molecule has 1 aliphatic carbocycles. The minimum absolute atomic E-state index is 0.117. The number of hydrogen-bond donors (Lipinski definition) is 1. The van der Waals surface area contributed by atoms with E-state index in [2.05, 4.69) is 0 Å². The maximum atomic E-state index is 10.6. The fourth-order valence-electron chi connectivity index (χ4n) is 1.26. The van der Waals surface area contributed by atoms with E-state index in [0.29, 0.717) is 0 Å². The van der Waals surface area contributed by atoms with Crippen LogP contribution in [0, 0.1) is 0 Å². The van der Waals surface area contributed by atoms with Crippen LogP contribution < -0.4 is 0 Å². The molecule has 0 aromatic rings. The number of rotatable bonds is 1. The largest absolute Gasteiger partial charge is 0.392 e. The highest BCUT2D eigenvalue weighted by molar-refractivity contribution is 8.14. The summed E-state index contributed by atoms with van der Waals surface area (Å²) < 4.78 is 0. The van der Waals surface area contributed by atoms with Gasteiger partial charge in [0.05, 0.1) is 6.10 Å². The summed E-state index contributed by atoms with van der Waals surface area (Å²) in [5.41, 5.74) is 0. The molecule has 0 aromatic heterocycles. The molecule has 0 bridgehead atoms. The van der Waals surface area contributed by atoms with E-state index in [9.17, 15) is 9.90 Å². The highest BCUT2D eigenvalue weighted by Gasteiger charge is 2.26. The molecule has 2 nitrogen and oxygen atoms in total. The highest BCUT2D eigenvalue weighted by Crippen LogP contribution is 2.29. The molecule has 58 valence electrons. The van der Waals surface area contributed by atoms with Crippen LogP contribution in [0.2, 0.25) is 0 Å². The predicted octanol–water partition coefficient (Wildman–Crippen LogP) is 1.18. The van der Waals surface area contributed by atoms with Gasteiger partial charge in [0.15, 0.2) is 5.12 Å². The molecule has 1 rings (SSSR count). The first-order valence-electron chi connectivity index (χ1n) is 3.55. The van der Waals surface area contributed by atoms with Crippen molar-refractivity contribution >= 4 is 16.9 Å². The molecule has 3 heteroatoms. The number of carbonyl (C=O) groups is 1.